The number of benzene rings is 2. The van der Waals surface area contributed by atoms with Crippen LogP contribution in [0, 0.1) is 0 Å². The summed E-state index contributed by atoms with van der Waals surface area (Å²) in [6.45, 7) is 4.02. The number of carbonyl (C=O) groups excluding carboxylic acids is 4. The lowest BCUT2D eigenvalue weighted by molar-refractivity contribution is -0.133. The van der Waals surface area contributed by atoms with E-state index in [1.807, 2.05) is 0 Å². The third-order valence-electron chi connectivity index (χ3n) is 5.44. The van der Waals surface area contributed by atoms with Crippen molar-refractivity contribution in [3.05, 3.63) is 63.2 Å². The van der Waals surface area contributed by atoms with Crippen LogP contribution in [0.4, 0.5) is 0 Å². The van der Waals surface area contributed by atoms with Crippen LogP contribution in [0.15, 0.2) is 29.8 Å². The van der Waals surface area contributed by atoms with E-state index in [2.05, 4.69) is 0 Å². The van der Waals surface area contributed by atoms with Gasteiger partial charge in [-0.15, -0.1) is 0 Å². The highest BCUT2D eigenvalue weighted by molar-refractivity contribution is 6.31. The summed E-state index contributed by atoms with van der Waals surface area (Å²) < 4.78 is 10.9. The van der Waals surface area contributed by atoms with E-state index in [0.717, 1.165) is 0 Å². The number of fused-ring (bicyclic) bond motifs is 3. The molecule has 2 aromatic carbocycles. The van der Waals surface area contributed by atoms with E-state index in [1.165, 1.54) is 26.0 Å². The fourth-order valence-corrected chi connectivity index (χ4v) is 4.12. The summed E-state index contributed by atoms with van der Waals surface area (Å²) in [4.78, 5) is 50.7. The maximum Gasteiger partial charge on any atom is 0.308 e. The number of carbonyl (C=O) groups is 4. The average Bonchev–Trinajstić information content (AvgIpc) is 2.72. The number of aliphatic hydroxyl groups excluding tert-OH is 1. The Morgan fingerprint density at radius 2 is 1.42 bits per heavy atom. The van der Waals surface area contributed by atoms with Crippen molar-refractivity contribution in [1.82, 2.24) is 0 Å². The number of esters is 2. The number of ether oxygens (including phenoxy) is 2. The van der Waals surface area contributed by atoms with Gasteiger partial charge in [-0.1, -0.05) is 24.3 Å². The zero-order valence-corrected chi connectivity index (χ0v) is 17.3. The molecule has 0 aliphatic heterocycles. The van der Waals surface area contributed by atoms with E-state index in [0.29, 0.717) is 29.5 Å². The summed E-state index contributed by atoms with van der Waals surface area (Å²) in [7, 11) is 0. The Labute approximate surface area is 178 Å². The van der Waals surface area contributed by atoms with Crippen LogP contribution in [0.1, 0.15) is 70.2 Å². The first-order valence-corrected chi connectivity index (χ1v) is 9.87. The molecule has 7 nitrogen and oxygen atoms in total. The third-order valence-corrected chi connectivity index (χ3v) is 5.44. The largest absolute Gasteiger partial charge is 0.426 e. The predicted molar refractivity (Wildman–Crippen MR) is 110 cm³/mol. The Hall–Kier alpha value is -3.58. The van der Waals surface area contributed by atoms with E-state index in [4.69, 9.17) is 9.47 Å². The second-order valence-electron chi connectivity index (χ2n) is 7.59. The molecule has 0 heterocycles. The Bertz CT molecular complexity index is 1200. The SMILES string of the molecule is CC(=O)Oc1c2c(c(OC(C)=O)c3c1C(=O)c1ccccc1C3=O)CCC(C(C)O)=C2. The molecule has 0 aromatic heterocycles. The third kappa shape index (κ3) is 3.37. The van der Waals surface area contributed by atoms with Crippen LogP contribution in [0.2, 0.25) is 0 Å². The molecule has 2 aliphatic rings. The highest BCUT2D eigenvalue weighted by Gasteiger charge is 2.40. The molecule has 2 aromatic rings. The summed E-state index contributed by atoms with van der Waals surface area (Å²) >= 11 is 0. The van der Waals surface area contributed by atoms with Gasteiger partial charge in [0.1, 0.15) is 5.75 Å². The van der Waals surface area contributed by atoms with Crippen LogP contribution in [-0.4, -0.2) is 34.7 Å². The van der Waals surface area contributed by atoms with E-state index in [1.54, 1.807) is 25.1 Å². The Balaban J connectivity index is 2.13. The molecule has 0 radical (unpaired) electrons. The van der Waals surface area contributed by atoms with Crippen molar-refractivity contribution in [2.75, 3.05) is 0 Å². The number of hydrogen-bond donors (Lipinski definition) is 1. The molecule has 1 unspecified atom stereocenters. The summed E-state index contributed by atoms with van der Waals surface area (Å²) in [5.41, 5.74) is 1.68. The van der Waals surface area contributed by atoms with Crippen LogP contribution in [0.5, 0.6) is 11.5 Å². The van der Waals surface area contributed by atoms with Gasteiger partial charge in [-0.05, 0) is 31.4 Å². The Morgan fingerprint density at radius 3 is 1.94 bits per heavy atom. The molecule has 0 amide bonds. The van der Waals surface area contributed by atoms with Gasteiger partial charge in [-0.2, -0.15) is 0 Å². The zero-order chi connectivity index (χ0) is 22.4. The van der Waals surface area contributed by atoms with Gasteiger partial charge in [-0.3, -0.25) is 19.2 Å². The minimum Gasteiger partial charge on any atom is -0.426 e. The standard InChI is InChI=1S/C24H20O7/c1-11(25)14-8-9-17-18(10-14)24(31-13(3)27)20-19(23(17)30-12(2)26)21(28)15-6-4-5-7-16(15)22(20)29/h4-7,10-11,25H,8-9H2,1-3H3. The van der Waals surface area contributed by atoms with Crippen molar-refractivity contribution < 1.29 is 33.8 Å². The fourth-order valence-electron chi connectivity index (χ4n) is 4.12. The molecular formula is C24H20O7. The minimum atomic E-state index is -0.760. The molecule has 0 saturated carbocycles. The molecule has 158 valence electrons. The fraction of sp³-hybridized carbons (Fsp3) is 0.250. The predicted octanol–water partition coefficient (Wildman–Crippen LogP) is 3.02. The monoisotopic (exact) mass is 420 g/mol. The first kappa shape index (κ1) is 20.7. The Morgan fingerprint density at radius 1 is 0.903 bits per heavy atom. The van der Waals surface area contributed by atoms with E-state index in [9.17, 15) is 24.3 Å². The smallest absolute Gasteiger partial charge is 0.308 e. The summed E-state index contributed by atoms with van der Waals surface area (Å²) in [6, 6.07) is 6.34. The average molecular weight is 420 g/mol. The number of rotatable bonds is 3. The van der Waals surface area contributed by atoms with Crippen molar-refractivity contribution in [2.24, 2.45) is 0 Å². The van der Waals surface area contributed by atoms with Crippen molar-refractivity contribution in [3.8, 4) is 11.5 Å². The minimum absolute atomic E-state index is 0.00199. The van der Waals surface area contributed by atoms with Crippen LogP contribution < -0.4 is 9.47 Å². The molecule has 0 bridgehead atoms. The quantitative estimate of drug-likeness (QED) is 0.513. The number of aliphatic hydroxyl groups is 1. The second kappa shape index (κ2) is 7.59. The van der Waals surface area contributed by atoms with Crippen LogP contribution in [0.3, 0.4) is 0 Å². The second-order valence-corrected chi connectivity index (χ2v) is 7.59. The first-order valence-electron chi connectivity index (χ1n) is 9.87. The van der Waals surface area contributed by atoms with Crippen molar-refractivity contribution in [2.45, 2.75) is 39.7 Å². The lowest BCUT2D eigenvalue weighted by atomic mass is 9.78. The molecule has 1 atom stereocenters. The van der Waals surface area contributed by atoms with Crippen LogP contribution in [0.25, 0.3) is 6.08 Å². The molecule has 4 rings (SSSR count). The summed E-state index contributed by atoms with van der Waals surface area (Å²) in [6.07, 6.45) is 1.66. The van der Waals surface area contributed by atoms with Gasteiger partial charge >= 0.3 is 11.9 Å². The van der Waals surface area contributed by atoms with Gasteiger partial charge in [0.15, 0.2) is 17.3 Å². The topological polar surface area (TPSA) is 107 Å². The van der Waals surface area contributed by atoms with Gasteiger partial charge in [-0.25, -0.2) is 0 Å². The number of ketones is 2. The first-order chi connectivity index (χ1) is 14.7. The van der Waals surface area contributed by atoms with Gasteiger partial charge in [0.2, 0.25) is 0 Å². The Kier molecular flexibility index (Phi) is 5.07. The maximum absolute atomic E-state index is 13.4. The highest BCUT2D eigenvalue weighted by atomic mass is 16.5. The molecule has 0 saturated heterocycles. The highest BCUT2D eigenvalue weighted by Crippen LogP contribution is 2.47. The van der Waals surface area contributed by atoms with Crippen LogP contribution >= 0.6 is 0 Å². The molecule has 7 heteroatoms. The van der Waals surface area contributed by atoms with E-state index < -0.39 is 29.6 Å². The molecule has 0 fully saturated rings. The van der Waals surface area contributed by atoms with Crippen molar-refractivity contribution >= 4 is 29.6 Å². The normalized spacial score (nSPS) is 15.3. The number of hydrogen-bond acceptors (Lipinski definition) is 7. The molecule has 2 aliphatic carbocycles. The van der Waals surface area contributed by atoms with Gasteiger partial charge < -0.3 is 14.6 Å². The van der Waals surface area contributed by atoms with Gasteiger partial charge in [0.05, 0.1) is 17.2 Å². The van der Waals surface area contributed by atoms with Gasteiger partial charge in [0, 0.05) is 36.1 Å². The van der Waals surface area contributed by atoms with Gasteiger partial charge in [0.25, 0.3) is 0 Å². The molecule has 31 heavy (non-hydrogen) atoms. The molecule has 0 spiro atoms. The maximum atomic E-state index is 13.4. The molecule has 1 N–H and O–H groups in total. The lowest BCUT2D eigenvalue weighted by Gasteiger charge is -2.28. The van der Waals surface area contributed by atoms with Crippen LogP contribution in [-0.2, 0) is 16.0 Å². The summed E-state index contributed by atoms with van der Waals surface area (Å²) in [5, 5.41) is 10.1. The van der Waals surface area contributed by atoms with E-state index in [-0.39, 0.29) is 33.8 Å². The lowest BCUT2D eigenvalue weighted by Crippen LogP contribution is -2.26. The van der Waals surface area contributed by atoms with Crippen molar-refractivity contribution in [3.63, 3.8) is 0 Å². The van der Waals surface area contributed by atoms with Crippen molar-refractivity contribution in [1.29, 1.82) is 0 Å². The van der Waals surface area contributed by atoms with E-state index >= 15 is 0 Å². The summed E-state index contributed by atoms with van der Waals surface area (Å²) in [5.74, 6) is -2.35. The molecular weight excluding hydrogens is 400 g/mol. The zero-order valence-electron chi connectivity index (χ0n) is 17.3.